The maximum Gasteiger partial charge on any atom is 0.233 e. The van der Waals surface area contributed by atoms with Crippen molar-refractivity contribution in [1.82, 2.24) is 20.1 Å². The van der Waals surface area contributed by atoms with Gasteiger partial charge in [-0.3, -0.25) is 9.89 Å². The SMILES string of the molecule is Cc1nc(SCC(=O)N2CCCC3CCCCC32)n[nH]1. The molecule has 6 heteroatoms. The number of carbonyl (C=O) groups is 1. The highest BCUT2D eigenvalue weighted by atomic mass is 32.2. The van der Waals surface area contributed by atoms with E-state index in [1.807, 2.05) is 6.92 Å². The van der Waals surface area contributed by atoms with Crippen LogP contribution in [0.4, 0.5) is 0 Å². The highest BCUT2D eigenvalue weighted by Gasteiger charge is 2.35. The Balaban J connectivity index is 1.58. The predicted octanol–water partition coefficient (Wildman–Crippen LogP) is 2.39. The van der Waals surface area contributed by atoms with E-state index in [4.69, 9.17) is 0 Å². The number of piperidine rings is 1. The Hall–Kier alpha value is -1.04. The fourth-order valence-corrected chi connectivity index (χ4v) is 4.26. The minimum atomic E-state index is 0.258. The zero-order valence-corrected chi connectivity index (χ0v) is 12.8. The largest absolute Gasteiger partial charge is 0.339 e. The van der Waals surface area contributed by atoms with Gasteiger partial charge >= 0.3 is 0 Å². The third-order valence-electron chi connectivity index (χ3n) is 4.47. The molecule has 3 rings (SSSR count). The molecule has 110 valence electrons. The molecule has 2 fully saturated rings. The van der Waals surface area contributed by atoms with Crippen LogP contribution in [0.15, 0.2) is 5.16 Å². The van der Waals surface area contributed by atoms with Gasteiger partial charge in [-0.25, -0.2) is 4.98 Å². The number of H-pyrrole nitrogens is 1. The molecule has 0 spiro atoms. The predicted molar refractivity (Wildman–Crippen MR) is 78.5 cm³/mol. The smallest absolute Gasteiger partial charge is 0.233 e. The second kappa shape index (κ2) is 6.16. The second-order valence-corrected chi connectivity index (χ2v) is 6.78. The Morgan fingerprint density at radius 3 is 2.95 bits per heavy atom. The lowest BCUT2D eigenvalue weighted by molar-refractivity contribution is -0.134. The van der Waals surface area contributed by atoms with Crippen molar-refractivity contribution in [3.63, 3.8) is 0 Å². The minimum absolute atomic E-state index is 0.258. The summed E-state index contributed by atoms with van der Waals surface area (Å²) in [6.45, 7) is 2.81. The number of nitrogens with one attached hydrogen (secondary N) is 1. The Kier molecular flexibility index (Phi) is 4.29. The summed E-state index contributed by atoms with van der Waals surface area (Å²) < 4.78 is 0. The van der Waals surface area contributed by atoms with Gasteiger partial charge in [0, 0.05) is 12.6 Å². The van der Waals surface area contributed by atoms with Crippen LogP contribution in [0.3, 0.4) is 0 Å². The van der Waals surface area contributed by atoms with E-state index in [1.54, 1.807) is 0 Å². The molecule has 0 aromatic carbocycles. The summed E-state index contributed by atoms with van der Waals surface area (Å²) in [4.78, 5) is 18.8. The number of thioether (sulfide) groups is 1. The first-order chi connectivity index (χ1) is 9.74. The first kappa shape index (κ1) is 13.9. The van der Waals surface area contributed by atoms with Gasteiger partial charge in [0.25, 0.3) is 0 Å². The van der Waals surface area contributed by atoms with Gasteiger partial charge in [-0.1, -0.05) is 24.6 Å². The number of fused-ring (bicyclic) bond motifs is 1. The van der Waals surface area contributed by atoms with Gasteiger partial charge in [0.15, 0.2) is 0 Å². The van der Waals surface area contributed by atoms with Crippen LogP contribution in [0.5, 0.6) is 0 Å². The van der Waals surface area contributed by atoms with Crippen LogP contribution in [-0.2, 0) is 4.79 Å². The fraction of sp³-hybridized carbons (Fsp3) is 0.786. The minimum Gasteiger partial charge on any atom is -0.339 e. The lowest BCUT2D eigenvalue weighted by Gasteiger charge is -2.44. The summed E-state index contributed by atoms with van der Waals surface area (Å²) in [5.74, 6) is 2.26. The molecule has 1 aromatic heterocycles. The number of aromatic nitrogens is 3. The third-order valence-corrected chi connectivity index (χ3v) is 5.30. The second-order valence-electron chi connectivity index (χ2n) is 5.83. The summed E-state index contributed by atoms with van der Waals surface area (Å²) in [7, 11) is 0. The van der Waals surface area contributed by atoms with E-state index >= 15 is 0 Å². The quantitative estimate of drug-likeness (QED) is 0.870. The van der Waals surface area contributed by atoms with Crippen LogP contribution in [-0.4, -0.2) is 44.3 Å². The average molecular weight is 294 g/mol. The van der Waals surface area contributed by atoms with Gasteiger partial charge in [-0.05, 0) is 38.5 Å². The van der Waals surface area contributed by atoms with Crippen molar-refractivity contribution in [2.75, 3.05) is 12.3 Å². The Morgan fingerprint density at radius 2 is 2.15 bits per heavy atom. The van der Waals surface area contributed by atoms with Crippen LogP contribution in [0.1, 0.15) is 44.3 Å². The number of nitrogens with zero attached hydrogens (tertiary/aromatic N) is 3. The number of aromatic amines is 1. The van der Waals surface area contributed by atoms with E-state index in [2.05, 4.69) is 20.1 Å². The van der Waals surface area contributed by atoms with Crippen molar-refractivity contribution in [1.29, 1.82) is 0 Å². The molecular weight excluding hydrogens is 272 g/mol. The molecule has 2 aliphatic rings. The monoisotopic (exact) mass is 294 g/mol. The van der Waals surface area contributed by atoms with Crippen LogP contribution >= 0.6 is 11.8 Å². The van der Waals surface area contributed by atoms with Gasteiger partial charge in [0.05, 0.1) is 5.75 Å². The molecule has 0 bridgehead atoms. The normalized spacial score (nSPS) is 26.4. The molecule has 1 saturated heterocycles. The van der Waals surface area contributed by atoms with Crippen molar-refractivity contribution in [3.8, 4) is 0 Å². The van der Waals surface area contributed by atoms with Gasteiger partial charge in [0.1, 0.15) is 5.82 Å². The number of amides is 1. The first-order valence-electron chi connectivity index (χ1n) is 7.55. The van der Waals surface area contributed by atoms with E-state index in [1.165, 1.54) is 43.9 Å². The van der Waals surface area contributed by atoms with E-state index in [0.717, 1.165) is 24.7 Å². The molecule has 1 N–H and O–H groups in total. The van der Waals surface area contributed by atoms with Gasteiger partial charge < -0.3 is 4.90 Å². The maximum atomic E-state index is 12.5. The van der Waals surface area contributed by atoms with Gasteiger partial charge in [0.2, 0.25) is 11.1 Å². The Labute approximate surface area is 123 Å². The lowest BCUT2D eigenvalue weighted by atomic mass is 9.78. The molecule has 2 unspecified atom stereocenters. The molecule has 2 atom stereocenters. The average Bonchev–Trinajstić information content (AvgIpc) is 2.90. The topological polar surface area (TPSA) is 61.9 Å². The maximum absolute atomic E-state index is 12.5. The van der Waals surface area contributed by atoms with Crippen LogP contribution < -0.4 is 0 Å². The van der Waals surface area contributed by atoms with Crippen molar-refractivity contribution in [2.24, 2.45) is 5.92 Å². The molecule has 20 heavy (non-hydrogen) atoms. The summed E-state index contributed by atoms with van der Waals surface area (Å²) >= 11 is 1.44. The van der Waals surface area contributed by atoms with E-state index < -0.39 is 0 Å². The molecule has 1 saturated carbocycles. The zero-order chi connectivity index (χ0) is 13.9. The number of likely N-dealkylation sites (tertiary alicyclic amines) is 1. The van der Waals surface area contributed by atoms with Crippen molar-refractivity contribution < 1.29 is 4.79 Å². The molecule has 1 aliphatic heterocycles. The summed E-state index contributed by atoms with van der Waals surface area (Å²) in [5, 5.41) is 7.55. The number of carbonyl (C=O) groups excluding carboxylic acids is 1. The number of hydrogen-bond acceptors (Lipinski definition) is 4. The zero-order valence-electron chi connectivity index (χ0n) is 12.0. The molecule has 2 heterocycles. The fourth-order valence-electron chi connectivity index (χ4n) is 3.53. The number of aryl methyl sites for hydroxylation is 1. The number of hydrogen-bond donors (Lipinski definition) is 1. The third kappa shape index (κ3) is 3.00. The summed E-state index contributed by atoms with van der Waals surface area (Å²) in [6.07, 6.45) is 7.59. The van der Waals surface area contributed by atoms with Crippen LogP contribution in [0.25, 0.3) is 0 Å². The number of rotatable bonds is 3. The molecular formula is C14H22N4OS. The van der Waals surface area contributed by atoms with Crippen LogP contribution in [0.2, 0.25) is 0 Å². The van der Waals surface area contributed by atoms with Gasteiger partial charge in [-0.2, -0.15) is 0 Å². The Morgan fingerprint density at radius 1 is 1.35 bits per heavy atom. The van der Waals surface area contributed by atoms with E-state index in [-0.39, 0.29) is 5.91 Å². The van der Waals surface area contributed by atoms with Crippen LogP contribution in [0, 0.1) is 12.8 Å². The standard InChI is InChI=1S/C14H22N4OS/c1-10-15-14(17-16-10)20-9-13(19)18-8-4-6-11-5-2-3-7-12(11)18/h11-12H,2-9H2,1H3,(H,15,16,17). The van der Waals surface area contributed by atoms with Crippen molar-refractivity contribution in [2.45, 2.75) is 56.6 Å². The Bertz CT molecular complexity index is 473. The summed E-state index contributed by atoms with van der Waals surface area (Å²) in [6, 6.07) is 0.500. The van der Waals surface area contributed by atoms with E-state index in [0.29, 0.717) is 17.0 Å². The highest BCUT2D eigenvalue weighted by Crippen LogP contribution is 2.35. The van der Waals surface area contributed by atoms with E-state index in [9.17, 15) is 4.79 Å². The van der Waals surface area contributed by atoms with Gasteiger partial charge in [-0.15, -0.1) is 5.10 Å². The highest BCUT2D eigenvalue weighted by molar-refractivity contribution is 7.99. The molecule has 1 amide bonds. The first-order valence-corrected chi connectivity index (χ1v) is 8.54. The lowest BCUT2D eigenvalue weighted by Crippen LogP contribution is -2.50. The molecule has 1 aromatic rings. The van der Waals surface area contributed by atoms with Crippen molar-refractivity contribution >= 4 is 17.7 Å². The molecule has 5 nitrogen and oxygen atoms in total. The van der Waals surface area contributed by atoms with Crippen molar-refractivity contribution in [3.05, 3.63) is 5.82 Å². The molecule has 1 aliphatic carbocycles. The molecule has 0 radical (unpaired) electrons. The summed E-state index contributed by atoms with van der Waals surface area (Å²) in [5.41, 5.74) is 0.